The molecule has 0 radical (unpaired) electrons. The van der Waals surface area contributed by atoms with Crippen LogP contribution in [-0.4, -0.2) is 66.9 Å². The lowest BCUT2D eigenvalue weighted by atomic mass is 9.82. The molecule has 1 atom stereocenters. The second kappa shape index (κ2) is 16.1. The van der Waals surface area contributed by atoms with Crippen molar-refractivity contribution in [2.24, 2.45) is 5.41 Å². The monoisotopic (exact) mass is 386 g/mol. The Balaban J connectivity index is 4.13. The van der Waals surface area contributed by atoms with Gasteiger partial charge in [0.25, 0.3) is 0 Å². The molecule has 0 aromatic rings. The molecule has 0 aromatic carbocycles. The second-order valence-electron chi connectivity index (χ2n) is 9.26. The smallest absolute Gasteiger partial charge is 0.162 e. The van der Waals surface area contributed by atoms with E-state index in [4.69, 9.17) is 4.43 Å². The molecule has 4 heteroatoms. The van der Waals surface area contributed by atoms with Crippen LogP contribution in [0.2, 0.25) is 6.04 Å². The van der Waals surface area contributed by atoms with Gasteiger partial charge in [0.2, 0.25) is 0 Å². The lowest BCUT2D eigenvalue weighted by Crippen LogP contribution is -2.25. The quantitative estimate of drug-likeness (QED) is 0.245. The Morgan fingerprint density at radius 1 is 0.846 bits per heavy atom. The number of rotatable bonds is 18. The Kier molecular flexibility index (Phi) is 16.1. The number of unbranched alkanes of at least 4 members (excludes halogenated alkanes) is 4. The Labute approximate surface area is 168 Å². The van der Waals surface area contributed by atoms with Gasteiger partial charge < -0.3 is 14.2 Å². The summed E-state index contributed by atoms with van der Waals surface area (Å²) < 4.78 is 6.32. The minimum atomic E-state index is -0.406. The van der Waals surface area contributed by atoms with Gasteiger partial charge in [0.1, 0.15) is 0 Å². The molecule has 26 heavy (non-hydrogen) atoms. The van der Waals surface area contributed by atoms with Gasteiger partial charge in [-0.15, -0.1) is 0 Å². The van der Waals surface area contributed by atoms with Crippen molar-refractivity contribution in [2.75, 3.05) is 41.3 Å². The maximum absolute atomic E-state index is 6.32. The largest absolute Gasteiger partial charge is 0.421 e. The molecule has 0 bridgehead atoms. The van der Waals surface area contributed by atoms with Gasteiger partial charge in [-0.05, 0) is 91.8 Å². The van der Waals surface area contributed by atoms with Crippen molar-refractivity contribution in [1.29, 1.82) is 0 Å². The van der Waals surface area contributed by atoms with E-state index in [9.17, 15) is 0 Å². The average Bonchev–Trinajstić information content (AvgIpc) is 2.54. The SMILES string of the molecule is CCCCCCCC(C)O[SiH2]CC(C)(CCCN(C)C)CCCN(C)C. The highest BCUT2D eigenvalue weighted by molar-refractivity contribution is 6.27. The van der Waals surface area contributed by atoms with E-state index in [1.54, 1.807) is 0 Å². The van der Waals surface area contributed by atoms with E-state index in [0.29, 0.717) is 11.5 Å². The van der Waals surface area contributed by atoms with E-state index >= 15 is 0 Å². The number of hydrogen-bond donors (Lipinski definition) is 0. The topological polar surface area (TPSA) is 15.7 Å². The highest BCUT2D eigenvalue weighted by Crippen LogP contribution is 2.34. The van der Waals surface area contributed by atoms with Gasteiger partial charge >= 0.3 is 0 Å². The first-order chi connectivity index (χ1) is 12.3. The maximum atomic E-state index is 6.32. The van der Waals surface area contributed by atoms with Crippen LogP contribution in [0.25, 0.3) is 0 Å². The highest BCUT2D eigenvalue weighted by Gasteiger charge is 2.24. The molecule has 1 unspecified atom stereocenters. The minimum absolute atomic E-state index is 0.406. The van der Waals surface area contributed by atoms with Crippen molar-refractivity contribution in [1.82, 2.24) is 9.80 Å². The van der Waals surface area contributed by atoms with Crippen LogP contribution >= 0.6 is 0 Å². The van der Waals surface area contributed by atoms with E-state index in [1.165, 1.54) is 83.3 Å². The van der Waals surface area contributed by atoms with Gasteiger partial charge in [-0.1, -0.05) is 46.0 Å². The molecule has 0 aliphatic carbocycles. The Bertz CT molecular complexity index is 297. The van der Waals surface area contributed by atoms with Crippen molar-refractivity contribution >= 4 is 9.76 Å². The van der Waals surface area contributed by atoms with E-state index in [2.05, 4.69) is 58.8 Å². The van der Waals surface area contributed by atoms with E-state index in [-0.39, 0.29) is 0 Å². The summed E-state index contributed by atoms with van der Waals surface area (Å²) in [5.74, 6) is 0. The van der Waals surface area contributed by atoms with Gasteiger partial charge in [0.05, 0.1) is 0 Å². The molecule has 0 amide bonds. The van der Waals surface area contributed by atoms with Crippen molar-refractivity contribution < 1.29 is 4.43 Å². The third-order valence-corrected chi connectivity index (χ3v) is 7.81. The normalized spacial score (nSPS) is 14.2. The first-order valence-corrected chi connectivity index (χ1v) is 12.8. The van der Waals surface area contributed by atoms with E-state index in [1.807, 2.05) is 0 Å². The zero-order chi connectivity index (χ0) is 19.8. The Hall–Kier alpha value is 0.0969. The maximum Gasteiger partial charge on any atom is 0.162 e. The van der Waals surface area contributed by atoms with Crippen LogP contribution in [0.4, 0.5) is 0 Å². The predicted molar refractivity (Wildman–Crippen MR) is 121 cm³/mol. The van der Waals surface area contributed by atoms with Crippen LogP contribution in [0.3, 0.4) is 0 Å². The van der Waals surface area contributed by atoms with Crippen LogP contribution in [-0.2, 0) is 4.43 Å². The molecule has 0 saturated heterocycles. The third-order valence-electron chi connectivity index (χ3n) is 5.59. The standard InChI is InChI=1S/C22H50N2OSi/c1-8-9-10-11-12-15-21(2)25-26-20-22(3,16-13-18-23(4)5)17-14-19-24(6)7/h21H,8-20,26H2,1-7H3. The molecule has 0 heterocycles. The Morgan fingerprint density at radius 2 is 1.38 bits per heavy atom. The molecule has 0 aliphatic rings. The summed E-state index contributed by atoms with van der Waals surface area (Å²) in [6.07, 6.45) is 13.9. The summed E-state index contributed by atoms with van der Waals surface area (Å²) in [6.45, 7) is 9.51. The summed E-state index contributed by atoms with van der Waals surface area (Å²) in [5, 5.41) is 0. The molecule has 0 fully saturated rings. The fourth-order valence-corrected chi connectivity index (χ4v) is 5.32. The first-order valence-electron chi connectivity index (χ1n) is 11.2. The third kappa shape index (κ3) is 16.3. The number of nitrogens with zero attached hydrogens (tertiary/aromatic N) is 2. The molecular formula is C22H50N2OSi. The molecular weight excluding hydrogens is 336 g/mol. The van der Waals surface area contributed by atoms with Crippen LogP contribution in [0.5, 0.6) is 0 Å². The lowest BCUT2D eigenvalue weighted by molar-refractivity contribution is 0.199. The molecule has 158 valence electrons. The van der Waals surface area contributed by atoms with Crippen LogP contribution < -0.4 is 0 Å². The molecule has 0 spiro atoms. The highest BCUT2D eigenvalue weighted by atomic mass is 28.2. The summed E-state index contributed by atoms with van der Waals surface area (Å²) >= 11 is 0. The fourth-order valence-electron chi connectivity index (χ4n) is 3.64. The van der Waals surface area contributed by atoms with E-state index in [0.717, 1.165) is 0 Å². The Morgan fingerprint density at radius 3 is 1.88 bits per heavy atom. The van der Waals surface area contributed by atoms with Gasteiger partial charge in [0.15, 0.2) is 9.76 Å². The lowest BCUT2D eigenvalue weighted by Gasteiger charge is -2.31. The van der Waals surface area contributed by atoms with Gasteiger partial charge in [-0.3, -0.25) is 0 Å². The fraction of sp³-hybridized carbons (Fsp3) is 1.00. The average molecular weight is 387 g/mol. The second-order valence-corrected chi connectivity index (χ2v) is 10.5. The van der Waals surface area contributed by atoms with Gasteiger partial charge in [-0.2, -0.15) is 0 Å². The van der Waals surface area contributed by atoms with Crippen molar-refractivity contribution in [2.45, 2.75) is 97.1 Å². The number of hydrogen-bond acceptors (Lipinski definition) is 3. The first kappa shape index (κ1) is 26.1. The van der Waals surface area contributed by atoms with Crippen LogP contribution in [0.15, 0.2) is 0 Å². The molecule has 3 nitrogen and oxygen atoms in total. The summed E-state index contributed by atoms with van der Waals surface area (Å²) in [4.78, 5) is 4.63. The molecule has 0 saturated carbocycles. The molecule has 0 aliphatic heterocycles. The van der Waals surface area contributed by atoms with Gasteiger partial charge in [-0.25, -0.2) is 0 Å². The zero-order valence-corrected chi connectivity index (χ0v) is 20.7. The summed E-state index contributed by atoms with van der Waals surface area (Å²) in [6, 6.07) is 1.34. The summed E-state index contributed by atoms with van der Waals surface area (Å²) in [7, 11) is 8.33. The molecule has 0 rings (SSSR count). The predicted octanol–water partition coefficient (Wildman–Crippen LogP) is 4.94. The van der Waals surface area contributed by atoms with Crippen molar-refractivity contribution in [3.63, 3.8) is 0 Å². The van der Waals surface area contributed by atoms with Gasteiger partial charge in [0, 0.05) is 6.10 Å². The zero-order valence-electron chi connectivity index (χ0n) is 19.3. The van der Waals surface area contributed by atoms with Crippen molar-refractivity contribution in [3.8, 4) is 0 Å². The van der Waals surface area contributed by atoms with Crippen molar-refractivity contribution in [3.05, 3.63) is 0 Å². The summed E-state index contributed by atoms with van der Waals surface area (Å²) in [5.41, 5.74) is 0.485. The molecule has 0 N–H and O–H groups in total. The minimum Gasteiger partial charge on any atom is -0.421 e. The van der Waals surface area contributed by atoms with Crippen LogP contribution in [0.1, 0.15) is 85.0 Å². The van der Waals surface area contributed by atoms with Crippen LogP contribution in [0, 0.1) is 5.41 Å². The van der Waals surface area contributed by atoms with E-state index < -0.39 is 9.76 Å². The molecule has 0 aromatic heterocycles.